The molecule has 4 heteroatoms. The van der Waals surface area contributed by atoms with Gasteiger partial charge < -0.3 is 10.1 Å². The predicted molar refractivity (Wildman–Crippen MR) is 68.5 cm³/mol. The molecule has 1 N–H and O–H groups in total. The summed E-state index contributed by atoms with van der Waals surface area (Å²) in [6.45, 7) is 2.78. The number of nitrogens with one attached hydrogen (secondary N) is 1. The molecule has 0 saturated heterocycles. The number of carbonyl (C=O) groups excluding carboxylic acids is 1. The predicted octanol–water partition coefficient (Wildman–Crippen LogP) is 3.20. The van der Waals surface area contributed by atoms with E-state index in [9.17, 15) is 4.79 Å². The molecule has 0 atom stereocenters. The largest absolute Gasteiger partial charge is 0.464 e. The fraction of sp³-hybridized carbons (Fsp3) is 0.417. The van der Waals surface area contributed by atoms with Gasteiger partial charge in [-0.05, 0) is 24.6 Å². The summed E-state index contributed by atoms with van der Waals surface area (Å²) in [5, 5.41) is 3.01. The molecule has 0 aromatic heterocycles. The van der Waals surface area contributed by atoms with Crippen LogP contribution in [0.5, 0.6) is 0 Å². The molecule has 0 unspecified atom stereocenters. The van der Waals surface area contributed by atoms with Crippen LogP contribution < -0.4 is 5.32 Å². The van der Waals surface area contributed by atoms with Crippen molar-refractivity contribution >= 4 is 27.6 Å². The van der Waals surface area contributed by atoms with Gasteiger partial charge in [0.1, 0.15) is 6.54 Å². The van der Waals surface area contributed by atoms with E-state index in [1.165, 1.54) is 0 Å². The molecular weight excluding hydrogens is 270 g/mol. The average molecular weight is 286 g/mol. The lowest BCUT2D eigenvalue weighted by Crippen LogP contribution is -2.17. The minimum Gasteiger partial charge on any atom is -0.464 e. The number of hydrogen-bond donors (Lipinski definition) is 1. The molecule has 0 fully saturated rings. The van der Waals surface area contributed by atoms with Gasteiger partial charge in [0.2, 0.25) is 0 Å². The van der Waals surface area contributed by atoms with Crippen molar-refractivity contribution in [1.29, 1.82) is 0 Å². The third kappa shape index (κ3) is 5.16. The average Bonchev–Trinajstić information content (AvgIpc) is 2.27. The zero-order chi connectivity index (χ0) is 11.8. The fourth-order valence-electron chi connectivity index (χ4n) is 1.15. The number of rotatable bonds is 6. The van der Waals surface area contributed by atoms with Crippen LogP contribution in [-0.4, -0.2) is 19.1 Å². The van der Waals surface area contributed by atoms with Crippen LogP contribution in [0.2, 0.25) is 0 Å². The minimum atomic E-state index is -0.214. The molecule has 1 aromatic rings. The van der Waals surface area contributed by atoms with Crippen molar-refractivity contribution in [2.24, 2.45) is 0 Å². The van der Waals surface area contributed by atoms with Crippen LogP contribution >= 0.6 is 15.9 Å². The summed E-state index contributed by atoms with van der Waals surface area (Å²) in [4.78, 5) is 11.3. The van der Waals surface area contributed by atoms with Crippen molar-refractivity contribution < 1.29 is 9.53 Å². The number of benzene rings is 1. The Labute approximate surface area is 104 Å². The zero-order valence-corrected chi connectivity index (χ0v) is 10.9. The maximum Gasteiger partial charge on any atom is 0.325 e. The first-order valence-electron chi connectivity index (χ1n) is 5.37. The molecule has 0 spiro atoms. The second kappa shape index (κ2) is 7.28. The van der Waals surface area contributed by atoms with E-state index in [4.69, 9.17) is 4.74 Å². The Kier molecular flexibility index (Phi) is 5.93. The van der Waals surface area contributed by atoms with E-state index in [-0.39, 0.29) is 12.5 Å². The summed E-state index contributed by atoms with van der Waals surface area (Å²) >= 11 is 3.36. The van der Waals surface area contributed by atoms with Crippen LogP contribution in [0.3, 0.4) is 0 Å². The van der Waals surface area contributed by atoms with Crippen LogP contribution in [-0.2, 0) is 9.53 Å². The number of halogens is 1. The van der Waals surface area contributed by atoms with E-state index in [2.05, 4.69) is 28.2 Å². The minimum absolute atomic E-state index is 0.208. The van der Waals surface area contributed by atoms with E-state index in [0.29, 0.717) is 6.61 Å². The highest BCUT2D eigenvalue weighted by Crippen LogP contribution is 2.15. The van der Waals surface area contributed by atoms with Gasteiger partial charge in [-0.25, -0.2) is 0 Å². The van der Waals surface area contributed by atoms with Gasteiger partial charge in [0.05, 0.1) is 6.61 Å². The van der Waals surface area contributed by atoms with E-state index in [1.807, 2.05) is 24.3 Å². The van der Waals surface area contributed by atoms with E-state index in [0.717, 1.165) is 23.0 Å². The van der Waals surface area contributed by atoms with Crippen molar-refractivity contribution in [1.82, 2.24) is 0 Å². The highest BCUT2D eigenvalue weighted by molar-refractivity contribution is 9.10. The van der Waals surface area contributed by atoms with E-state index in [1.54, 1.807) is 0 Å². The normalized spacial score (nSPS) is 9.88. The third-order valence-electron chi connectivity index (χ3n) is 2.02. The van der Waals surface area contributed by atoms with Crippen LogP contribution in [0.4, 0.5) is 5.69 Å². The van der Waals surface area contributed by atoms with Crippen LogP contribution in [0.15, 0.2) is 28.7 Å². The maximum atomic E-state index is 11.3. The summed E-state index contributed by atoms with van der Waals surface area (Å²) in [6, 6.07) is 7.67. The quantitative estimate of drug-likeness (QED) is 0.644. The van der Waals surface area contributed by atoms with Crippen molar-refractivity contribution in [3.05, 3.63) is 28.7 Å². The first-order valence-corrected chi connectivity index (χ1v) is 6.16. The first kappa shape index (κ1) is 13.0. The SMILES string of the molecule is CCCCOC(=O)CNc1cccc(Br)c1. The Morgan fingerprint density at radius 2 is 2.31 bits per heavy atom. The number of hydrogen-bond acceptors (Lipinski definition) is 3. The molecule has 0 aliphatic rings. The van der Waals surface area contributed by atoms with Gasteiger partial charge in [-0.1, -0.05) is 35.3 Å². The molecular formula is C12H16BrNO2. The van der Waals surface area contributed by atoms with Crippen LogP contribution in [0.25, 0.3) is 0 Å². The van der Waals surface area contributed by atoms with Crippen molar-refractivity contribution in [3.8, 4) is 0 Å². The lowest BCUT2D eigenvalue weighted by Gasteiger charge is -2.07. The Bertz CT molecular complexity index is 342. The van der Waals surface area contributed by atoms with Gasteiger partial charge in [-0.15, -0.1) is 0 Å². The summed E-state index contributed by atoms with van der Waals surface area (Å²) in [6.07, 6.45) is 1.95. The zero-order valence-electron chi connectivity index (χ0n) is 9.33. The summed E-state index contributed by atoms with van der Waals surface area (Å²) in [7, 11) is 0. The lowest BCUT2D eigenvalue weighted by molar-refractivity contribution is -0.141. The van der Waals surface area contributed by atoms with E-state index >= 15 is 0 Å². The Balaban J connectivity index is 2.26. The van der Waals surface area contributed by atoms with Crippen molar-refractivity contribution in [2.45, 2.75) is 19.8 Å². The molecule has 0 saturated carbocycles. The molecule has 0 bridgehead atoms. The first-order chi connectivity index (χ1) is 7.72. The van der Waals surface area contributed by atoms with Gasteiger partial charge in [0, 0.05) is 10.2 Å². The smallest absolute Gasteiger partial charge is 0.325 e. The van der Waals surface area contributed by atoms with Gasteiger partial charge in [-0.3, -0.25) is 4.79 Å². The van der Waals surface area contributed by atoms with Gasteiger partial charge in [-0.2, -0.15) is 0 Å². The lowest BCUT2D eigenvalue weighted by atomic mass is 10.3. The fourth-order valence-corrected chi connectivity index (χ4v) is 1.55. The molecule has 0 heterocycles. The van der Waals surface area contributed by atoms with Gasteiger partial charge in [0.15, 0.2) is 0 Å². The van der Waals surface area contributed by atoms with Crippen LogP contribution in [0.1, 0.15) is 19.8 Å². The number of carbonyl (C=O) groups is 1. The Morgan fingerprint density at radius 3 is 3.00 bits per heavy atom. The Hall–Kier alpha value is -1.03. The summed E-state index contributed by atoms with van der Waals surface area (Å²) < 4.78 is 6.00. The monoisotopic (exact) mass is 285 g/mol. The molecule has 88 valence electrons. The second-order valence-corrected chi connectivity index (χ2v) is 4.35. The molecule has 3 nitrogen and oxygen atoms in total. The second-order valence-electron chi connectivity index (χ2n) is 3.44. The number of anilines is 1. The molecule has 0 aliphatic carbocycles. The van der Waals surface area contributed by atoms with E-state index < -0.39 is 0 Å². The molecule has 1 rings (SSSR count). The summed E-state index contributed by atoms with van der Waals surface area (Å²) in [5.41, 5.74) is 0.904. The summed E-state index contributed by atoms with van der Waals surface area (Å²) in [5.74, 6) is -0.214. The molecule has 0 radical (unpaired) electrons. The highest BCUT2D eigenvalue weighted by Gasteiger charge is 2.01. The molecule has 0 amide bonds. The van der Waals surface area contributed by atoms with Gasteiger partial charge in [0.25, 0.3) is 0 Å². The number of ether oxygens (including phenoxy) is 1. The number of esters is 1. The van der Waals surface area contributed by atoms with Crippen LogP contribution in [0, 0.1) is 0 Å². The topological polar surface area (TPSA) is 38.3 Å². The molecule has 0 aliphatic heterocycles. The molecule has 16 heavy (non-hydrogen) atoms. The Morgan fingerprint density at radius 1 is 1.50 bits per heavy atom. The highest BCUT2D eigenvalue weighted by atomic mass is 79.9. The van der Waals surface area contributed by atoms with Gasteiger partial charge >= 0.3 is 5.97 Å². The number of unbranched alkanes of at least 4 members (excludes halogenated alkanes) is 1. The third-order valence-corrected chi connectivity index (χ3v) is 2.52. The maximum absolute atomic E-state index is 11.3. The molecule has 1 aromatic carbocycles. The standard InChI is InChI=1S/C12H16BrNO2/c1-2-3-7-16-12(15)9-14-11-6-4-5-10(13)8-11/h4-6,8,14H,2-3,7,9H2,1H3. The van der Waals surface area contributed by atoms with Crippen molar-refractivity contribution in [3.63, 3.8) is 0 Å². The van der Waals surface area contributed by atoms with Crippen molar-refractivity contribution in [2.75, 3.05) is 18.5 Å².